The van der Waals surface area contributed by atoms with Crippen LogP contribution in [0, 0.1) is 31.1 Å². The lowest BCUT2D eigenvalue weighted by Crippen LogP contribution is -2.41. The molecule has 1 N–H and O–H groups in total. The second-order valence-electron chi connectivity index (χ2n) is 7.67. The molecular weight excluding hydrogens is 404 g/mol. The Balaban J connectivity index is 1.84. The molecule has 6 nitrogen and oxygen atoms in total. The molecule has 1 aliphatic rings. The lowest BCUT2D eigenvalue weighted by Gasteiger charge is -2.28. The van der Waals surface area contributed by atoms with E-state index in [0.29, 0.717) is 16.8 Å². The molecule has 1 saturated carbocycles. The van der Waals surface area contributed by atoms with E-state index in [0.717, 1.165) is 16.7 Å². The Morgan fingerprint density at radius 2 is 1.81 bits per heavy atom. The highest BCUT2D eigenvalue weighted by molar-refractivity contribution is 6.12. The van der Waals surface area contributed by atoms with Crippen molar-refractivity contribution in [2.24, 2.45) is 5.92 Å². The number of nitrogens with one attached hydrogen (secondary N) is 1. The first-order valence-corrected chi connectivity index (χ1v) is 9.80. The minimum atomic E-state index is -2.69. The minimum absolute atomic E-state index is 0.163. The summed E-state index contributed by atoms with van der Waals surface area (Å²) in [6, 6.07) is 9.07. The molecule has 1 aromatic heterocycles. The van der Waals surface area contributed by atoms with Gasteiger partial charge in [-0.25, -0.2) is 8.78 Å². The van der Waals surface area contributed by atoms with Crippen LogP contribution >= 0.6 is 0 Å². The van der Waals surface area contributed by atoms with Crippen molar-refractivity contribution in [1.29, 1.82) is 5.26 Å². The highest BCUT2D eigenvalue weighted by atomic mass is 19.3. The fourth-order valence-electron chi connectivity index (χ4n) is 4.01. The van der Waals surface area contributed by atoms with Crippen LogP contribution in [-0.4, -0.2) is 35.4 Å². The molecule has 1 aliphatic carbocycles. The van der Waals surface area contributed by atoms with Crippen LogP contribution in [0.4, 0.5) is 8.78 Å². The maximum Gasteiger partial charge on any atom is 0.255 e. The van der Waals surface area contributed by atoms with Crippen molar-refractivity contribution in [3.8, 4) is 17.3 Å². The molecule has 0 saturated heterocycles. The number of benzene rings is 1. The highest BCUT2D eigenvalue weighted by Crippen LogP contribution is 2.36. The summed E-state index contributed by atoms with van der Waals surface area (Å²) in [6.07, 6.45) is -1.55. The van der Waals surface area contributed by atoms with E-state index in [2.05, 4.69) is 10.3 Å². The smallest absolute Gasteiger partial charge is 0.255 e. The van der Waals surface area contributed by atoms with Crippen LogP contribution in [0.2, 0.25) is 0 Å². The third-order valence-electron chi connectivity index (χ3n) is 5.41. The van der Waals surface area contributed by atoms with Crippen LogP contribution in [0.15, 0.2) is 30.5 Å². The van der Waals surface area contributed by atoms with Crippen LogP contribution in [0.5, 0.6) is 0 Å². The Morgan fingerprint density at radius 1 is 1.19 bits per heavy atom. The number of nitriles is 1. The van der Waals surface area contributed by atoms with Gasteiger partial charge in [0.05, 0.1) is 23.7 Å². The van der Waals surface area contributed by atoms with E-state index in [1.807, 2.05) is 18.2 Å². The lowest BCUT2D eigenvalue weighted by molar-refractivity contribution is -0.139. The highest BCUT2D eigenvalue weighted by Gasteiger charge is 2.40. The zero-order valence-electron chi connectivity index (χ0n) is 17.1. The number of aryl methyl sites for hydroxylation is 2. The molecule has 1 aromatic carbocycles. The summed E-state index contributed by atoms with van der Waals surface area (Å²) in [5.74, 6) is -3.36. The number of hydrogen-bond acceptors (Lipinski definition) is 5. The number of carbonyl (C=O) groups is 3. The second-order valence-corrected chi connectivity index (χ2v) is 7.67. The van der Waals surface area contributed by atoms with E-state index in [1.54, 1.807) is 26.0 Å². The number of aromatic nitrogens is 1. The fraction of sp³-hybridized carbons (Fsp3) is 0.348. The van der Waals surface area contributed by atoms with E-state index < -0.39 is 30.7 Å². The Labute approximate surface area is 178 Å². The van der Waals surface area contributed by atoms with Crippen molar-refractivity contribution >= 4 is 17.5 Å². The zero-order valence-corrected chi connectivity index (χ0v) is 17.1. The Hall–Kier alpha value is -3.47. The Morgan fingerprint density at radius 3 is 2.29 bits per heavy atom. The molecular formula is C23H21F2N3O3. The van der Waals surface area contributed by atoms with Crippen molar-refractivity contribution in [1.82, 2.24) is 10.3 Å². The molecule has 1 amide bonds. The number of amides is 1. The van der Waals surface area contributed by atoms with Crippen LogP contribution in [0.3, 0.4) is 0 Å². The van der Waals surface area contributed by atoms with Crippen molar-refractivity contribution in [3.63, 3.8) is 0 Å². The van der Waals surface area contributed by atoms with Crippen molar-refractivity contribution in [2.75, 3.05) is 6.54 Å². The SMILES string of the molecule is Cc1cc(-c2ccc(C#N)cn2)cc(C)c1C1C(=O)CC(C(=O)NCC(F)F)CC1=O. The number of hydrogen-bond donors (Lipinski definition) is 1. The molecule has 2 aromatic rings. The van der Waals surface area contributed by atoms with Gasteiger partial charge >= 0.3 is 0 Å². The molecule has 1 heterocycles. The number of nitrogens with zero attached hydrogens (tertiary/aromatic N) is 2. The predicted octanol–water partition coefficient (Wildman–Crippen LogP) is 3.25. The molecule has 8 heteroatoms. The van der Waals surface area contributed by atoms with E-state index in [4.69, 9.17) is 5.26 Å². The molecule has 0 spiro atoms. The molecule has 0 radical (unpaired) electrons. The van der Waals surface area contributed by atoms with Gasteiger partial charge in [-0.05, 0) is 54.8 Å². The molecule has 0 aliphatic heterocycles. The molecule has 160 valence electrons. The van der Waals surface area contributed by atoms with Gasteiger partial charge in [0.2, 0.25) is 5.91 Å². The van der Waals surface area contributed by atoms with Crippen molar-refractivity contribution in [3.05, 3.63) is 52.7 Å². The Bertz CT molecular complexity index is 1030. The summed E-state index contributed by atoms with van der Waals surface area (Å²) < 4.78 is 24.6. The van der Waals surface area contributed by atoms with Gasteiger partial charge in [0.25, 0.3) is 6.43 Å². The summed E-state index contributed by atoms with van der Waals surface area (Å²) in [5, 5.41) is 11.0. The van der Waals surface area contributed by atoms with E-state index in [-0.39, 0.29) is 24.4 Å². The number of halogens is 2. The third-order valence-corrected chi connectivity index (χ3v) is 5.41. The average Bonchev–Trinajstić information content (AvgIpc) is 2.73. The molecule has 3 rings (SSSR count). The first-order chi connectivity index (χ1) is 14.7. The van der Waals surface area contributed by atoms with Crippen LogP contribution in [-0.2, 0) is 14.4 Å². The first kappa shape index (κ1) is 22.2. The summed E-state index contributed by atoms with van der Waals surface area (Å²) >= 11 is 0. The molecule has 0 unspecified atom stereocenters. The molecule has 0 atom stereocenters. The topological polar surface area (TPSA) is 99.9 Å². The lowest BCUT2D eigenvalue weighted by atomic mass is 9.74. The van der Waals surface area contributed by atoms with Crippen molar-refractivity contribution in [2.45, 2.75) is 39.0 Å². The van der Waals surface area contributed by atoms with Crippen molar-refractivity contribution < 1.29 is 23.2 Å². The minimum Gasteiger partial charge on any atom is -0.350 e. The van der Waals surface area contributed by atoms with Crippen LogP contribution in [0.25, 0.3) is 11.3 Å². The van der Waals surface area contributed by atoms with E-state index in [9.17, 15) is 23.2 Å². The maximum absolute atomic E-state index is 12.8. The average molecular weight is 425 g/mol. The zero-order chi connectivity index (χ0) is 22.7. The number of rotatable bonds is 5. The number of carbonyl (C=O) groups excluding carboxylic acids is 3. The van der Waals surface area contributed by atoms with Gasteiger partial charge in [0.1, 0.15) is 23.6 Å². The maximum atomic E-state index is 12.8. The summed E-state index contributed by atoms with van der Waals surface area (Å²) in [7, 11) is 0. The summed E-state index contributed by atoms with van der Waals surface area (Å²) in [5.41, 5.74) is 4.00. The standard InChI is InChI=1S/C23H21F2N3O3/c1-12-5-15(17-4-3-14(9-26)10-27-17)6-13(2)21(12)22-18(29)7-16(8-19(22)30)23(31)28-11-20(24)25/h3-6,10,16,20,22H,7-8,11H2,1-2H3,(H,28,31). The first-order valence-electron chi connectivity index (χ1n) is 9.80. The Kier molecular flexibility index (Phi) is 6.54. The van der Waals surface area contributed by atoms with Gasteiger partial charge < -0.3 is 5.32 Å². The van der Waals surface area contributed by atoms with Gasteiger partial charge in [-0.2, -0.15) is 5.26 Å². The normalized spacial score (nSPS) is 18.7. The summed E-state index contributed by atoms with van der Waals surface area (Å²) in [6.45, 7) is 2.80. The predicted molar refractivity (Wildman–Crippen MR) is 108 cm³/mol. The van der Waals surface area contributed by atoms with E-state index in [1.165, 1.54) is 6.20 Å². The number of Topliss-reactive ketones (excluding diaryl/α,β-unsaturated/α-hetero) is 2. The molecule has 31 heavy (non-hydrogen) atoms. The third kappa shape index (κ3) is 4.82. The monoisotopic (exact) mass is 425 g/mol. The second kappa shape index (κ2) is 9.13. The molecule has 1 fully saturated rings. The quantitative estimate of drug-likeness (QED) is 0.742. The van der Waals surface area contributed by atoms with Gasteiger partial charge in [-0.15, -0.1) is 0 Å². The largest absolute Gasteiger partial charge is 0.350 e. The number of ketones is 2. The summed E-state index contributed by atoms with van der Waals surface area (Å²) in [4.78, 5) is 41.9. The van der Waals surface area contributed by atoms with Gasteiger partial charge in [0.15, 0.2) is 0 Å². The van der Waals surface area contributed by atoms with E-state index >= 15 is 0 Å². The van der Waals surface area contributed by atoms with Gasteiger partial charge in [0, 0.05) is 24.6 Å². The fourth-order valence-corrected chi connectivity index (χ4v) is 4.01. The number of pyridine rings is 1. The molecule has 0 bridgehead atoms. The van der Waals surface area contributed by atoms with Gasteiger partial charge in [-0.3, -0.25) is 19.4 Å². The number of alkyl halides is 2. The van der Waals surface area contributed by atoms with Gasteiger partial charge in [-0.1, -0.05) is 0 Å². The van der Waals surface area contributed by atoms with Crippen LogP contribution < -0.4 is 5.32 Å². The van der Waals surface area contributed by atoms with Crippen LogP contribution in [0.1, 0.15) is 41.0 Å².